The largest absolute Gasteiger partial charge is 0.370 e. The van der Waals surface area contributed by atoms with E-state index < -0.39 is 0 Å². The molecule has 3 heterocycles. The fourth-order valence-corrected chi connectivity index (χ4v) is 5.51. The second-order valence-electron chi connectivity index (χ2n) is 6.73. The van der Waals surface area contributed by atoms with Crippen LogP contribution in [0.5, 0.6) is 0 Å². The number of thiophene rings is 1. The minimum Gasteiger partial charge on any atom is -0.370 e. The number of nitrogens with zero attached hydrogens (tertiary/aromatic N) is 2. The molecule has 1 aliphatic rings. The van der Waals surface area contributed by atoms with Gasteiger partial charge in [-0.3, -0.25) is 0 Å². The fraction of sp³-hybridized carbons (Fsp3) is 0.625. The van der Waals surface area contributed by atoms with Crippen molar-refractivity contribution in [1.82, 2.24) is 9.97 Å². The van der Waals surface area contributed by atoms with E-state index in [4.69, 9.17) is 14.7 Å². The minimum atomic E-state index is -0.102. The van der Waals surface area contributed by atoms with Crippen molar-refractivity contribution in [3.8, 4) is 0 Å². The van der Waals surface area contributed by atoms with Crippen LogP contribution in [0, 0.1) is 0 Å². The molecule has 0 unspecified atom stereocenters. The Labute approximate surface area is 150 Å². The molecule has 7 heteroatoms. The van der Waals surface area contributed by atoms with Crippen molar-refractivity contribution in [2.24, 2.45) is 0 Å². The third-order valence-electron chi connectivity index (χ3n) is 3.90. The van der Waals surface area contributed by atoms with Crippen molar-refractivity contribution in [3.05, 3.63) is 10.4 Å². The van der Waals surface area contributed by atoms with E-state index in [0.717, 1.165) is 33.7 Å². The van der Waals surface area contributed by atoms with E-state index in [1.54, 1.807) is 23.1 Å². The van der Waals surface area contributed by atoms with Gasteiger partial charge in [0, 0.05) is 22.4 Å². The molecule has 0 fully saturated rings. The van der Waals surface area contributed by atoms with Gasteiger partial charge in [0.2, 0.25) is 0 Å². The van der Waals surface area contributed by atoms with E-state index in [1.807, 2.05) is 18.0 Å². The van der Waals surface area contributed by atoms with Crippen LogP contribution >= 0.6 is 34.9 Å². The Morgan fingerprint density at radius 1 is 1.30 bits per heavy atom. The molecule has 4 nitrogen and oxygen atoms in total. The van der Waals surface area contributed by atoms with Crippen molar-refractivity contribution in [1.29, 1.82) is 0 Å². The third kappa shape index (κ3) is 3.85. The number of fused-ring (bicyclic) bond motifs is 3. The van der Waals surface area contributed by atoms with Crippen LogP contribution in [0.3, 0.4) is 0 Å². The lowest BCUT2D eigenvalue weighted by molar-refractivity contribution is -0.855. The van der Waals surface area contributed by atoms with Gasteiger partial charge in [0.05, 0.1) is 32.8 Å². The van der Waals surface area contributed by atoms with Gasteiger partial charge in [-0.05, 0) is 25.7 Å². The van der Waals surface area contributed by atoms with Crippen LogP contribution in [-0.4, -0.2) is 48.2 Å². The fourth-order valence-electron chi connectivity index (χ4n) is 2.64. The molecular weight excluding hydrogens is 346 g/mol. The van der Waals surface area contributed by atoms with Crippen LogP contribution < -0.4 is 4.90 Å². The van der Waals surface area contributed by atoms with Crippen LogP contribution in [0.25, 0.3) is 10.2 Å². The van der Waals surface area contributed by atoms with Gasteiger partial charge in [-0.2, -0.15) is 0 Å². The van der Waals surface area contributed by atoms with Crippen molar-refractivity contribution < 1.29 is 9.64 Å². The van der Waals surface area contributed by atoms with Gasteiger partial charge in [0.25, 0.3) is 0 Å². The number of thioether (sulfide) groups is 2. The van der Waals surface area contributed by atoms with Gasteiger partial charge in [-0.25, -0.2) is 9.97 Å². The molecule has 0 saturated carbocycles. The standard InChI is InChI=1S/C16H23N3OS3/c1-16(2)8-10-11(9-20-16)23-14-12(10)13(17-15(18-14)21-5)22-7-6-19(3)4/h6-9H2,1-5H3/p+1. The zero-order valence-corrected chi connectivity index (χ0v) is 16.8. The van der Waals surface area contributed by atoms with E-state index in [-0.39, 0.29) is 5.60 Å². The molecule has 2 aromatic heterocycles. The molecule has 1 aliphatic heterocycles. The molecule has 2 aromatic rings. The maximum atomic E-state index is 5.98. The van der Waals surface area contributed by atoms with Gasteiger partial charge in [-0.15, -0.1) is 11.3 Å². The van der Waals surface area contributed by atoms with Crippen molar-refractivity contribution in [2.45, 2.75) is 42.7 Å². The van der Waals surface area contributed by atoms with E-state index >= 15 is 0 Å². The summed E-state index contributed by atoms with van der Waals surface area (Å²) >= 11 is 5.26. The van der Waals surface area contributed by atoms with Crippen molar-refractivity contribution >= 4 is 45.1 Å². The summed E-state index contributed by atoms with van der Waals surface area (Å²) < 4.78 is 5.98. The highest BCUT2D eigenvalue weighted by Gasteiger charge is 2.31. The summed E-state index contributed by atoms with van der Waals surface area (Å²) in [5, 5.41) is 3.30. The van der Waals surface area contributed by atoms with Gasteiger partial charge in [-0.1, -0.05) is 23.5 Å². The number of hydrogen-bond acceptors (Lipinski definition) is 6. The van der Waals surface area contributed by atoms with Crippen LogP contribution in [0.1, 0.15) is 24.3 Å². The summed E-state index contributed by atoms with van der Waals surface area (Å²) in [6, 6.07) is 0. The highest BCUT2D eigenvalue weighted by atomic mass is 32.2. The first-order valence-corrected chi connectivity index (χ1v) is 10.8. The zero-order valence-electron chi connectivity index (χ0n) is 14.4. The molecular formula is C16H24N3OS3+. The summed E-state index contributed by atoms with van der Waals surface area (Å²) in [5.74, 6) is 1.08. The molecule has 0 saturated heterocycles. The first-order valence-electron chi connectivity index (χ1n) is 7.81. The van der Waals surface area contributed by atoms with Crippen LogP contribution in [0.2, 0.25) is 0 Å². The van der Waals surface area contributed by atoms with E-state index in [2.05, 4.69) is 27.9 Å². The first-order chi connectivity index (χ1) is 10.9. The number of ether oxygens (including phenoxy) is 1. The average Bonchev–Trinajstić information content (AvgIpc) is 2.83. The summed E-state index contributed by atoms with van der Waals surface area (Å²) in [6.07, 6.45) is 2.98. The first kappa shape index (κ1) is 17.5. The maximum Gasteiger partial charge on any atom is 0.189 e. The minimum absolute atomic E-state index is 0.102. The molecule has 0 aliphatic carbocycles. The number of nitrogens with one attached hydrogen (secondary N) is 1. The van der Waals surface area contributed by atoms with Crippen LogP contribution in [0.15, 0.2) is 10.2 Å². The predicted octanol–water partition coefficient (Wildman–Crippen LogP) is 2.50. The number of aromatic nitrogens is 2. The van der Waals surface area contributed by atoms with Crippen molar-refractivity contribution in [3.63, 3.8) is 0 Å². The normalized spacial score (nSPS) is 17.0. The summed E-state index contributed by atoms with van der Waals surface area (Å²) in [4.78, 5) is 13.5. The molecule has 126 valence electrons. The Balaban J connectivity index is 2.03. The average molecular weight is 371 g/mol. The van der Waals surface area contributed by atoms with E-state index in [1.165, 1.54) is 20.7 Å². The Morgan fingerprint density at radius 3 is 2.78 bits per heavy atom. The summed E-state index contributed by atoms with van der Waals surface area (Å²) in [6.45, 7) is 6.16. The molecule has 0 aromatic carbocycles. The van der Waals surface area contributed by atoms with Gasteiger partial charge in [0.1, 0.15) is 9.86 Å². The Hall–Kier alpha value is -0.340. The molecule has 0 atom stereocenters. The second-order valence-corrected chi connectivity index (χ2v) is 9.67. The second kappa shape index (κ2) is 6.88. The number of rotatable bonds is 5. The van der Waals surface area contributed by atoms with Gasteiger partial charge < -0.3 is 9.64 Å². The topological polar surface area (TPSA) is 39.5 Å². The lowest BCUT2D eigenvalue weighted by Gasteiger charge is -2.30. The molecule has 0 amide bonds. The van der Waals surface area contributed by atoms with Crippen molar-refractivity contribution in [2.75, 3.05) is 32.6 Å². The highest BCUT2D eigenvalue weighted by molar-refractivity contribution is 7.99. The predicted molar refractivity (Wildman–Crippen MR) is 100 cm³/mol. The van der Waals surface area contributed by atoms with Gasteiger partial charge in [0.15, 0.2) is 5.16 Å². The Morgan fingerprint density at radius 2 is 2.09 bits per heavy atom. The SMILES string of the molecule is CSc1nc(SCC[NH+](C)C)c2c3c(sc2n1)COC(C)(C)C3. The lowest BCUT2D eigenvalue weighted by Crippen LogP contribution is -3.06. The molecule has 0 spiro atoms. The maximum absolute atomic E-state index is 5.98. The molecule has 0 bridgehead atoms. The molecule has 1 N–H and O–H groups in total. The van der Waals surface area contributed by atoms with E-state index in [9.17, 15) is 0 Å². The van der Waals surface area contributed by atoms with E-state index in [0.29, 0.717) is 6.61 Å². The molecule has 0 radical (unpaired) electrons. The van der Waals surface area contributed by atoms with Crippen LogP contribution in [-0.2, 0) is 17.8 Å². The third-order valence-corrected chi connectivity index (χ3v) is 6.52. The smallest absolute Gasteiger partial charge is 0.189 e. The summed E-state index contributed by atoms with van der Waals surface area (Å²) in [7, 11) is 4.38. The monoisotopic (exact) mass is 370 g/mol. The summed E-state index contributed by atoms with van der Waals surface area (Å²) in [5.41, 5.74) is 1.31. The number of quaternary nitrogens is 1. The zero-order chi connectivity index (χ0) is 16.6. The number of hydrogen-bond donors (Lipinski definition) is 1. The quantitative estimate of drug-likeness (QED) is 0.497. The Bertz CT molecular complexity index is 712. The lowest BCUT2D eigenvalue weighted by atomic mass is 9.95. The molecule has 23 heavy (non-hydrogen) atoms. The molecule has 3 rings (SSSR count). The van der Waals surface area contributed by atoms with Crippen LogP contribution in [0.4, 0.5) is 0 Å². The van der Waals surface area contributed by atoms with Gasteiger partial charge >= 0.3 is 0 Å². The Kier molecular flexibility index (Phi) is 5.23. The highest BCUT2D eigenvalue weighted by Crippen LogP contribution is 2.42.